The van der Waals surface area contributed by atoms with E-state index in [0.29, 0.717) is 22.5 Å². The normalized spacial score (nSPS) is 13.8. The number of Topliss-reactive ketones (excluding diaryl/α,β-unsaturated/α-hetero) is 1. The van der Waals surface area contributed by atoms with Crippen molar-refractivity contribution < 1.29 is 14.7 Å². The van der Waals surface area contributed by atoms with Gasteiger partial charge in [-0.05, 0) is 35.6 Å². The van der Waals surface area contributed by atoms with Crippen LogP contribution in [0, 0.1) is 0 Å². The van der Waals surface area contributed by atoms with Crippen molar-refractivity contribution in [3.63, 3.8) is 0 Å². The molecule has 0 saturated carbocycles. The van der Waals surface area contributed by atoms with E-state index in [1.165, 1.54) is 11.3 Å². The number of carbonyl (C=O) groups excluding carboxylic acids is 1. The fourth-order valence-electron chi connectivity index (χ4n) is 2.07. The molecule has 1 N–H and O–H groups in total. The standard InChI is InChI=1S/C14H10N2O3S.2Na.2H/c1-7-6-8(2-3-10(7)17)11-9-4-5-20-13(9)16-12(15-11)14(18)19;;;;/h2,4-6H,3H2,1H3,(H,18,19);;;;. The maximum absolute atomic E-state index is 11.5. The van der Waals surface area contributed by atoms with Crippen LogP contribution in [0.15, 0.2) is 29.2 Å². The van der Waals surface area contributed by atoms with E-state index in [1.54, 1.807) is 19.1 Å². The summed E-state index contributed by atoms with van der Waals surface area (Å²) in [5.41, 5.74) is 2.00. The molecule has 0 spiro atoms. The number of aromatic carboxylic acids is 1. The van der Waals surface area contributed by atoms with Crippen molar-refractivity contribution >= 4 is 98.0 Å². The number of rotatable bonds is 2. The molecule has 0 aromatic carbocycles. The Morgan fingerprint density at radius 3 is 2.68 bits per heavy atom. The minimum atomic E-state index is -1.16. The van der Waals surface area contributed by atoms with E-state index in [2.05, 4.69) is 9.97 Å². The van der Waals surface area contributed by atoms with Crippen LogP contribution in [0.4, 0.5) is 0 Å². The quantitative estimate of drug-likeness (QED) is 0.840. The fraction of sp³-hybridized carbons (Fsp3) is 0.143. The molecule has 2 heterocycles. The van der Waals surface area contributed by atoms with Gasteiger partial charge in [0.1, 0.15) is 4.83 Å². The Bertz CT molecular complexity index is 812. The number of aromatic nitrogens is 2. The Balaban J connectivity index is 0.00000121. The number of allylic oxidation sites excluding steroid dienone is 4. The number of thiophene rings is 1. The van der Waals surface area contributed by atoms with Crippen molar-refractivity contribution in [1.82, 2.24) is 9.97 Å². The fourth-order valence-corrected chi connectivity index (χ4v) is 2.84. The molecule has 0 saturated heterocycles. The van der Waals surface area contributed by atoms with Crippen LogP contribution in [0.25, 0.3) is 15.8 Å². The van der Waals surface area contributed by atoms with Crippen LogP contribution >= 0.6 is 11.3 Å². The Kier molecular flexibility index (Phi) is 7.14. The van der Waals surface area contributed by atoms with Gasteiger partial charge in [-0.3, -0.25) is 4.79 Å². The Morgan fingerprint density at radius 1 is 1.32 bits per heavy atom. The van der Waals surface area contributed by atoms with Gasteiger partial charge >= 0.3 is 65.1 Å². The second kappa shape index (κ2) is 7.97. The van der Waals surface area contributed by atoms with Gasteiger partial charge in [0.2, 0.25) is 5.82 Å². The molecule has 0 aliphatic heterocycles. The first-order chi connectivity index (χ1) is 9.56. The predicted octanol–water partition coefficient (Wildman–Crippen LogP) is 1.39. The summed E-state index contributed by atoms with van der Waals surface area (Å²) in [6.07, 6.45) is 3.84. The molecular weight excluding hydrogens is 322 g/mol. The number of hydrogen-bond acceptors (Lipinski definition) is 5. The predicted molar refractivity (Wildman–Crippen MR) is 90.0 cm³/mol. The van der Waals surface area contributed by atoms with E-state index >= 15 is 0 Å². The van der Waals surface area contributed by atoms with E-state index in [0.717, 1.165) is 11.0 Å². The van der Waals surface area contributed by atoms with Crippen molar-refractivity contribution in [2.24, 2.45) is 0 Å². The van der Waals surface area contributed by atoms with Gasteiger partial charge in [-0.2, -0.15) is 0 Å². The Hall–Kier alpha value is -0.340. The van der Waals surface area contributed by atoms with Crippen LogP contribution in [-0.4, -0.2) is 85.9 Å². The zero-order chi connectivity index (χ0) is 14.3. The molecular formula is C14H12N2Na2O3S. The van der Waals surface area contributed by atoms with Crippen LogP contribution < -0.4 is 0 Å². The van der Waals surface area contributed by atoms with Crippen molar-refractivity contribution in [3.8, 4) is 0 Å². The molecule has 0 radical (unpaired) electrons. The van der Waals surface area contributed by atoms with Gasteiger partial charge in [0.15, 0.2) is 5.78 Å². The number of carbonyl (C=O) groups is 2. The molecule has 3 rings (SSSR count). The summed E-state index contributed by atoms with van der Waals surface area (Å²) < 4.78 is 0. The molecule has 8 heteroatoms. The van der Waals surface area contributed by atoms with Crippen molar-refractivity contribution in [1.29, 1.82) is 0 Å². The molecule has 22 heavy (non-hydrogen) atoms. The first-order valence-corrected chi connectivity index (χ1v) is 6.85. The molecule has 1 aliphatic carbocycles. The third-order valence-corrected chi connectivity index (χ3v) is 3.92. The molecule has 0 bridgehead atoms. The molecule has 0 atom stereocenters. The summed E-state index contributed by atoms with van der Waals surface area (Å²) in [4.78, 5) is 31.4. The van der Waals surface area contributed by atoms with Gasteiger partial charge in [-0.15, -0.1) is 11.3 Å². The Morgan fingerprint density at radius 2 is 2.05 bits per heavy atom. The van der Waals surface area contributed by atoms with E-state index < -0.39 is 5.97 Å². The number of fused-ring (bicyclic) bond motifs is 1. The zero-order valence-corrected chi connectivity index (χ0v) is 11.4. The van der Waals surface area contributed by atoms with Crippen molar-refractivity contribution in [3.05, 3.63) is 40.7 Å². The van der Waals surface area contributed by atoms with Gasteiger partial charge < -0.3 is 5.11 Å². The van der Waals surface area contributed by atoms with E-state index in [1.807, 2.05) is 11.4 Å². The summed E-state index contributed by atoms with van der Waals surface area (Å²) in [5.74, 6) is -1.31. The van der Waals surface area contributed by atoms with Crippen molar-refractivity contribution in [2.45, 2.75) is 13.3 Å². The summed E-state index contributed by atoms with van der Waals surface area (Å²) >= 11 is 1.37. The SMILES string of the molecule is CC1=CC(c2nc(C(=O)O)nc3sccc23)=CCC1=O.[NaH].[NaH]. The van der Waals surface area contributed by atoms with E-state index in [4.69, 9.17) is 5.11 Å². The molecule has 1 aliphatic rings. The third kappa shape index (κ3) is 3.76. The molecule has 0 amide bonds. The number of hydrogen-bond donors (Lipinski definition) is 1. The van der Waals surface area contributed by atoms with Crippen LogP contribution in [0.3, 0.4) is 0 Å². The number of nitrogens with zero attached hydrogens (tertiary/aromatic N) is 2. The first-order valence-electron chi connectivity index (χ1n) is 5.97. The summed E-state index contributed by atoms with van der Waals surface area (Å²) in [6, 6.07) is 1.86. The van der Waals surface area contributed by atoms with Crippen LogP contribution in [0.5, 0.6) is 0 Å². The Labute approximate surface area is 175 Å². The monoisotopic (exact) mass is 334 g/mol. The molecule has 2 aromatic rings. The zero-order valence-electron chi connectivity index (χ0n) is 10.6. The van der Waals surface area contributed by atoms with Crippen LogP contribution in [-0.2, 0) is 4.79 Å². The maximum atomic E-state index is 11.5. The number of ketones is 1. The second-order valence-corrected chi connectivity index (χ2v) is 5.35. The molecule has 0 unspecified atom stereocenters. The van der Waals surface area contributed by atoms with Crippen LogP contribution in [0.1, 0.15) is 29.7 Å². The van der Waals surface area contributed by atoms with Crippen molar-refractivity contribution in [2.75, 3.05) is 0 Å². The first kappa shape index (κ1) is 19.7. The van der Waals surface area contributed by atoms with Gasteiger partial charge in [0.25, 0.3) is 0 Å². The van der Waals surface area contributed by atoms with Gasteiger partial charge in [-0.1, -0.05) is 6.08 Å². The minimum absolute atomic E-state index is 0. The summed E-state index contributed by atoms with van der Waals surface area (Å²) in [5, 5.41) is 11.7. The number of carboxylic acid groups (broad SMARTS) is 1. The summed E-state index contributed by atoms with van der Waals surface area (Å²) in [7, 11) is 0. The molecule has 104 valence electrons. The molecule has 2 aromatic heterocycles. The second-order valence-electron chi connectivity index (χ2n) is 4.45. The van der Waals surface area contributed by atoms with Crippen LogP contribution in [0.2, 0.25) is 0 Å². The summed E-state index contributed by atoms with van der Waals surface area (Å²) in [6.45, 7) is 1.75. The van der Waals surface area contributed by atoms with Gasteiger partial charge in [0, 0.05) is 11.8 Å². The molecule has 0 fully saturated rings. The average Bonchev–Trinajstić information content (AvgIpc) is 2.89. The molecule has 5 nitrogen and oxygen atoms in total. The van der Waals surface area contributed by atoms with Gasteiger partial charge in [0.05, 0.1) is 5.69 Å². The van der Waals surface area contributed by atoms with Gasteiger partial charge in [-0.25, -0.2) is 14.8 Å². The average molecular weight is 334 g/mol. The third-order valence-electron chi connectivity index (χ3n) is 3.11. The number of carboxylic acids is 1. The van der Waals surface area contributed by atoms with E-state index in [9.17, 15) is 9.59 Å². The topological polar surface area (TPSA) is 80.2 Å². The van der Waals surface area contributed by atoms with E-state index in [-0.39, 0.29) is 70.7 Å².